The van der Waals surface area contributed by atoms with Crippen molar-refractivity contribution < 1.29 is 4.74 Å². The number of nitrogens with zero attached hydrogens (tertiary/aromatic N) is 2. The molecule has 0 bridgehead atoms. The number of hydrogen-bond donors (Lipinski definition) is 2. The highest BCUT2D eigenvalue weighted by Gasteiger charge is 2.30. The van der Waals surface area contributed by atoms with Crippen molar-refractivity contribution >= 4 is 5.82 Å². The van der Waals surface area contributed by atoms with E-state index in [1.54, 1.807) is 0 Å². The van der Waals surface area contributed by atoms with Crippen LogP contribution < -0.4 is 15.8 Å². The van der Waals surface area contributed by atoms with Gasteiger partial charge in [0.15, 0.2) is 0 Å². The molecule has 1 saturated carbocycles. The summed E-state index contributed by atoms with van der Waals surface area (Å²) in [7, 11) is 0. The Hall–Kier alpha value is -1.36. The van der Waals surface area contributed by atoms with Crippen LogP contribution in [-0.4, -0.2) is 29.2 Å². The maximum Gasteiger partial charge on any atom is 0.218 e. The molecule has 1 aliphatic carbocycles. The largest absolute Gasteiger partial charge is 0.478 e. The van der Waals surface area contributed by atoms with Gasteiger partial charge in [0.25, 0.3) is 0 Å². The monoisotopic (exact) mass is 236 g/mol. The summed E-state index contributed by atoms with van der Waals surface area (Å²) in [6.07, 6.45) is 2.52. The van der Waals surface area contributed by atoms with E-state index in [0.29, 0.717) is 36.8 Å². The van der Waals surface area contributed by atoms with E-state index < -0.39 is 0 Å². The van der Waals surface area contributed by atoms with E-state index in [4.69, 9.17) is 10.5 Å². The molecule has 1 fully saturated rings. The van der Waals surface area contributed by atoms with Crippen LogP contribution in [0.5, 0.6) is 5.88 Å². The Morgan fingerprint density at radius 2 is 2.29 bits per heavy atom. The van der Waals surface area contributed by atoms with Crippen LogP contribution in [0.15, 0.2) is 6.07 Å². The number of ether oxygens (including phenoxy) is 1. The van der Waals surface area contributed by atoms with Crippen LogP contribution in [0.4, 0.5) is 5.82 Å². The molecule has 94 valence electrons. The Bertz CT molecular complexity index is 379. The quantitative estimate of drug-likeness (QED) is 0.779. The first kappa shape index (κ1) is 12.1. The van der Waals surface area contributed by atoms with Crippen LogP contribution >= 0.6 is 0 Å². The van der Waals surface area contributed by atoms with Crippen molar-refractivity contribution in [1.29, 1.82) is 0 Å². The van der Waals surface area contributed by atoms with E-state index in [0.717, 1.165) is 5.82 Å². The van der Waals surface area contributed by atoms with Crippen LogP contribution in [0, 0.1) is 12.8 Å². The highest BCUT2D eigenvalue weighted by Crippen LogP contribution is 2.33. The van der Waals surface area contributed by atoms with Crippen LogP contribution in [-0.2, 0) is 0 Å². The van der Waals surface area contributed by atoms with Crippen molar-refractivity contribution in [2.75, 3.05) is 18.5 Å². The van der Waals surface area contributed by atoms with E-state index in [9.17, 15) is 0 Å². The third kappa shape index (κ3) is 3.30. The number of nitrogens with two attached hydrogens (primary N) is 1. The molecule has 2 rings (SSSR count). The number of aromatic nitrogens is 2. The lowest BCUT2D eigenvalue weighted by molar-refractivity contribution is 0.325. The number of nitrogens with one attached hydrogen (secondary N) is 1. The van der Waals surface area contributed by atoms with Gasteiger partial charge < -0.3 is 15.8 Å². The fraction of sp³-hybridized carbons (Fsp3) is 0.667. The number of aryl methyl sites for hydroxylation is 1. The van der Waals surface area contributed by atoms with Crippen molar-refractivity contribution in [2.24, 2.45) is 11.7 Å². The predicted octanol–water partition coefficient (Wildman–Crippen LogP) is 1.33. The molecule has 1 aliphatic rings. The van der Waals surface area contributed by atoms with Gasteiger partial charge in [-0.2, -0.15) is 4.98 Å². The lowest BCUT2D eigenvalue weighted by atomic mass is 10.2. The second-order valence-electron chi connectivity index (χ2n) is 4.40. The van der Waals surface area contributed by atoms with E-state index in [-0.39, 0.29) is 0 Å². The zero-order valence-corrected chi connectivity index (χ0v) is 10.4. The summed E-state index contributed by atoms with van der Waals surface area (Å²) in [5, 5.41) is 3.37. The summed E-state index contributed by atoms with van der Waals surface area (Å²) >= 11 is 0. The first-order valence-electron chi connectivity index (χ1n) is 6.18. The average Bonchev–Trinajstić information content (AvgIpc) is 3.09. The Labute approximate surface area is 102 Å². The van der Waals surface area contributed by atoms with Gasteiger partial charge in [0, 0.05) is 18.7 Å². The molecule has 5 heteroatoms. The molecule has 1 aromatic rings. The summed E-state index contributed by atoms with van der Waals surface area (Å²) in [6, 6.07) is 2.15. The molecule has 17 heavy (non-hydrogen) atoms. The standard InChI is InChI=1S/C12H20N4O/c1-3-17-12-6-11(14-8(2)15-12)16-10(7-13)9-4-5-9/h6,9-10H,3-5,7,13H2,1-2H3,(H,14,15,16). The third-order valence-electron chi connectivity index (χ3n) is 2.88. The van der Waals surface area contributed by atoms with Gasteiger partial charge in [-0.1, -0.05) is 0 Å². The van der Waals surface area contributed by atoms with Gasteiger partial charge in [-0.3, -0.25) is 0 Å². The minimum absolute atomic E-state index is 0.318. The maximum atomic E-state index is 5.76. The maximum absolute atomic E-state index is 5.76. The molecule has 1 atom stereocenters. The molecule has 1 unspecified atom stereocenters. The fourth-order valence-corrected chi connectivity index (χ4v) is 1.89. The van der Waals surface area contributed by atoms with Crippen molar-refractivity contribution in [3.8, 4) is 5.88 Å². The van der Waals surface area contributed by atoms with Crippen molar-refractivity contribution in [3.63, 3.8) is 0 Å². The van der Waals surface area contributed by atoms with Gasteiger partial charge in [0.05, 0.1) is 6.61 Å². The Balaban J connectivity index is 2.08. The summed E-state index contributed by atoms with van der Waals surface area (Å²) in [5.74, 6) is 2.84. The molecule has 0 amide bonds. The SMILES string of the molecule is CCOc1cc(NC(CN)C2CC2)nc(C)n1. The first-order valence-corrected chi connectivity index (χ1v) is 6.18. The molecule has 0 aromatic carbocycles. The molecule has 1 aromatic heterocycles. The van der Waals surface area contributed by atoms with Crippen LogP contribution in [0.2, 0.25) is 0 Å². The van der Waals surface area contributed by atoms with Gasteiger partial charge in [-0.15, -0.1) is 0 Å². The summed E-state index contributed by atoms with van der Waals surface area (Å²) in [5.41, 5.74) is 5.76. The smallest absolute Gasteiger partial charge is 0.218 e. The summed E-state index contributed by atoms with van der Waals surface area (Å²) in [4.78, 5) is 8.57. The first-order chi connectivity index (χ1) is 8.22. The van der Waals surface area contributed by atoms with Gasteiger partial charge in [-0.05, 0) is 32.6 Å². The van der Waals surface area contributed by atoms with Gasteiger partial charge in [0.2, 0.25) is 5.88 Å². The van der Waals surface area contributed by atoms with Crippen LogP contribution in [0.25, 0.3) is 0 Å². The number of rotatable bonds is 6. The van der Waals surface area contributed by atoms with E-state index in [1.807, 2.05) is 19.9 Å². The van der Waals surface area contributed by atoms with Gasteiger partial charge >= 0.3 is 0 Å². The highest BCUT2D eigenvalue weighted by atomic mass is 16.5. The lowest BCUT2D eigenvalue weighted by Gasteiger charge is -2.17. The molecule has 1 heterocycles. The van der Waals surface area contributed by atoms with E-state index in [1.165, 1.54) is 12.8 Å². The Morgan fingerprint density at radius 1 is 1.53 bits per heavy atom. The van der Waals surface area contributed by atoms with Crippen molar-refractivity contribution in [2.45, 2.75) is 32.7 Å². The Morgan fingerprint density at radius 3 is 2.88 bits per heavy atom. The van der Waals surface area contributed by atoms with Crippen molar-refractivity contribution in [1.82, 2.24) is 9.97 Å². The molecule has 0 spiro atoms. The molecular weight excluding hydrogens is 216 g/mol. The van der Waals surface area contributed by atoms with Gasteiger partial charge in [-0.25, -0.2) is 4.98 Å². The third-order valence-corrected chi connectivity index (χ3v) is 2.88. The minimum atomic E-state index is 0.318. The van der Waals surface area contributed by atoms with Crippen LogP contribution in [0.3, 0.4) is 0 Å². The van der Waals surface area contributed by atoms with Crippen LogP contribution in [0.1, 0.15) is 25.6 Å². The zero-order chi connectivity index (χ0) is 12.3. The number of hydrogen-bond acceptors (Lipinski definition) is 5. The molecule has 3 N–H and O–H groups in total. The molecule has 5 nitrogen and oxygen atoms in total. The summed E-state index contributed by atoms with van der Waals surface area (Å²) in [6.45, 7) is 5.05. The van der Waals surface area contributed by atoms with E-state index >= 15 is 0 Å². The van der Waals surface area contributed by atoms with Gasteiger partial charge in [0.1, 0.15) is 11.6 Å². The molecular formula is C12H20N4O. The summed E-state index contributed by atoms with van der Waals surface area (Å²) < 4.78 is 5.40. The second kappa shape index (κ2) is 5.31. The van der Waals surface area contributed by atoms with E-state index in [2.05, 4.69) is 15.3 Å². The zero-order valence-electron chi connectivity index (χ0n) is 10.4. The predicted molar refractivity (Wildman–Crippen MR) is 67.1 cm³/mol. The second-order valence-corrected chi connectivity index (χ2v) is 4.40. The van der Waals surface area contributed by atoms with Crippen molar-refractivity contribution in [3.05, 3.63) is 11.9 Å². The fourth-order valence-electron chi connectivity index (χ4n) is 1.89. The topological polar surface area (TPSA) is 73.1 Å². The average molecular weight is 236 g/mol. The Kier molecular flexibility index (Phi) is 3.78. The normalized spacial score (nSPS) is 16.6. The number of anilines is 1. The molecule has 0 aliphatic heterocycles. The lowest BCUT2D eigenvalue weighted by Crippen LogP contribution is -2.31. The molecule has 0 saturated heterocycles. The highest BCUT2D eigenvalue weighted by molar-refractivity contribution is 5.40. The minimum Gasteiger partial charge on any atom is -0.478 e. The molecule has 0 radical (unpaired) electrons.